The third-order valence-corrected chi connectivity index (χ3v) is 4.85. The van der Waals surface area contributed by atoms with Gasteiger partial charge in [0.05, 0.1) is 12.6 Å². The highest BCUT2D eigenvalue weighted by molar-refractivity contribution is 6.02. The van der Waals surface area contributed by atoms with Crippen LogP contribution < -0.4 is 5.32 Å². The lowest BCUT2D eigenvalue weighted by molar-refractivity contribution is -0.147. The molecule has 0 bridgehead atoms. The summed E-state index contributed by atoms with van der Waals surface area (Å²) >= 11 is 0. The van der Waals surface area contributed by atoms with Crippen molar-refractivity contribution in [3.05, 3.63) is 35.9 Å². The van der Waals surface area contributed by atoms with Gasteiger partial charge >= 0.3 is 12.0 Å². The van der Waals surface area contributed by atoms with Crippen LogP contribution in [0.4, 0.5) is 4.79 Å². The van der Waals surface area contributed by atoms with Gasteiger partial charge in [-0.05, 0) is 19.4 Å². The molecule has 1 fully saturated rings. The second-order valence-corrected chi connectivity index (χ2v) is 6.95. The molecule has 30 heavy (non-hydrogen) atoms. The Hall–Kier alpha value is -2.49. The van der Waals surface area contributed by atoms with Crippen molar-refractivity contribution in [2.24, 2.45) is 0 Å². The molecule has 166 valence electrons. The minimum absolute atomic E-state index is 0. The van der Waals surface area contributed by atoms with E-state index in [2.05, 4.69) is 5.32 Å². The van der Waals surface area contributed by atoms with E-state index in [-0.39, 0.29) is 25.4 Å². The number of aldehydes is 1. The zero-order valence-corrected chi connectivity index (χ0v) is 18.0. The summed E-state index contributed by atoms with van der Waals surface area (Å²) in [7, 11) is 1.45. The molecule has 1 aromatic carbocycles. The van der Waals surface area contributed by atoms with E-state index in [0.29, 0.717) is 6.61 Å². The molecule has 9 nitrogen and oxygen atoms in total. The molecule has 3 amide bonds. The van der Waals surface area contributed by atoms with Crippen LogP contribution in [0.15, 0.2) is 30.3 Å². The number of halogens is 1. The van der Waals surface area contributed by atoms with Crippen molar-refractivity contribution >= 4 is 36.6 Å². The van der Waals surface area contributed by atoms with Gasteiger partial charge in [0.25, 0.3) is 0 Å². The van der Waals surface area contributed by atoms with Crippen molar-refractivity contribution in [2.75, 3.05) is 20.2 Å². The first-order chi connectivity index (χ1) is 13.8. The number of carbonyl (C=O) groups is 4. The summed E-state index contributed by atoms with van der Waals surface area (Å²) in [6, 6.07) is 6.44. The Balaban J connectivity index is 0.00000450. The molecule has 1 unspecified atom stereocenters. The number of ether oxygens (including phenoxy) is 1. The van der Waals surface area contributed by atoms with Crippen molar-refractivity contribution < 1.29 is 29.0 Å². The summed E-state index contributed by atoms with van der Waals surface area (Å²) < 4.78 is 5.65. The minimum atomic E-state index is -1.24. The van der Waals surface area contributed by atoms with Gasteiger partial charge in [0.1, 0.15) is 12.5 Å². The number of hydrogen-bond donors (Lipinski definition) is 2. The van der Waals surface area contributed by atoms with Gasteiger partial charge in [-0.1, -0.05) is 30.3 Å². The van der Waals surface area contributed by atoms with Crippen molar-refractivity contribution in [1.82, 2.24) is 15.1 Å². The third kappa shape index (κ3) is 6.01. The lowest BCUT2D eigenvalue weighted by Crippen LogP contribution is -2.53. The zero-order valence-electron chi connectivity index (χ0n) is 17.2. The van der Waals surface area contributed by atoms with Crippen LogP contribution in [0.1, 0.15) is 31.7 Å². The number of hydrogen-bond acceptors (Lipinski definition) is 6. The summed E-state index contributed by atoms with van der Waals surface area (Å²) in [5.41, 5.74) is 0.829. The molecule has 0 aliphatic carbocycles. The van der Waals surface area contributed by atoms with Crippen LogP contribution in [0.3, 0.4) is 0 Å². The first-order valence-electron chi connectivity index (χ1n) is 9.49. The van der Waals surface area contributed by atoms with Crippen LogP contribution in [-0.4, -0.2) is 77.6 Å². The van der Waals surface area contributed by atoms with E-state index in [1.165, 1.54) is 18.9 Å². The minimum Gasteiger partial charge on any atom is -0.480 e. The number of carbonyl (C=O) groups excluding carboxylic acids is 3. The van der Waals surface area contributed by atoms with E-state index in [9.17, 15) is 24.3 Å². The summed E-state index contributed by atoms with van der Waals surface area (Å²) in [6.07, 6.45) is 0.484. The number of carboxylic acid groups (broad SMARTS) is 1. The number of rotatable bonds is 10. The molecule has 0 radical (unpaired) electrons. The molecule has 10 heteroatoms. The predicted octanol–water partition coefficient (Wildman–Crippen LogP) is 1.47. The summed E-state index contributed by atoms with van der Waals surface area (Å²) in [5, 5.41) is 12.3. The van der Waals surface area contributed by atoms with Gasteiger partial charge in [-0.15, -0.1) is 12.4 Å². The molecule has 1 saturated heterocycles. The molecule has 1 aliphatic rings. The van der Waals surface area contributed by atoms with Crippen LogP contribution in [0.5, 0.6) is 0 Å². The number of nitrogens with zero attached hydrogens (tertiary/aromatic N) is 2. The van der Waals surface area contributed by atoms with E-state index >= 15 is 0 Å². The Morgan fingerprint density at radius 2 is 1.97 bits per heavy atom. The predicted molar refractivity (Wildman–Crippen MR) is 111 cm³/mol. The van der Waals surface area contributed by atoms with E-state index in [0.717, 1.165) is 16.7 Å². The van der Waals surface area contributed by atoms with Gasteiger partial charge in [-0.2, -0.15) is 0 Å². The summed E-state index contributed by atoms with van der Waals surface area (Å²) in [6.45, 7) is 3.61. The first-order valence-corrected chi connectivity index (χ1v) is 9.49. The Bertz CT molecular complexity index is 747. The fourth-order valence-corrected chi connectivity index (χ4v) is 3.32. The van der Waals surface area contributed by atoms with Crippen molar-refractivity contribution in [1.29, 1.82) is 0 Å². The standard InChI is InChI=1S/C20H27N3O6.ClH/c1-4-29-17(10-15(12-24)14-8-6-5-7-9-14)21-13(2)18(25)23-16(19(26)27)11-22(3)20(23)28;/h5-9,12-13,15-17,21H,4,10-11H2,1-3H3,(H,26,27);1H/t13-,15?,16-,17-;/m0./s1. The largest absolute Gasteiger partial charge is 0.480 e. The molecule has 0 saturated carbocycles. The van der Waals surface area contributed by atoms with Gasteiger partial charge in [0.15, 0.2) is 6.04 Å². The molecule has 2 N–H and O–H groups in total. The lowest BCUT2D eigenvalue weighted by Gasteiger charge is -2.28. The molecule has 1 aliphatic heterocycles. The number of aliphatic carboxylic acids is 1. The van der Waals surface area contributed by atoms with Crippen LogP contribution in [0.25, 0.3) is 0 Å². The smallest absolute Gasteiger partial charge is 0.328 e. The topological polar surface area (TPSA) is 116 Å². The maximum Gasteiger partial charge on any atom is 0.328 e. The zero-order chi connectivity index (χ0) is 21.6. The number of nitrogens with one attached hydrogen (secondary N) is 1. The lowest BCUT2D eigenvalue weighted by atomic mass is 9.96. The second-order valence-electron chi connectivity index (χ2n) is 6.95. The van der Waals surface area contributed by atoms with Crippen LogP contribution in [0, 0.1) is 0 Å². The third-order valence-electron chi connectivity index (χ3n) is 4.85. The highest BCUT2D eigenvalue weighted by Gasteiger charge is 2.45. The number of amides is 3. The van der Waals surface area contributed by atoms with Gasteiger partial charge in [0.2, 0.25) is 5.91 Å². The first kappa shape index (κ1) is 25.5. The number of likely N-dealkylation sites (N-methyl/N-ethyl adjacent to an activating group) is 1. The average Bonchev–Trinajstić information content (AvgIpc) is 3.01. The Labute approximate surface area is 181 Å². The van der Waals surface area contributed by atoms with Crippen molar-refractivity contribution in [2.45, 2.75) is 44.5 Å². The Kier molecular flexibility index (Phi) is 9.91. The van der Waals surface area contributed by atoms with Crippen molar-refractivity contribution in [3.8, 4) is 0 Å². The molecular weight excluding hydrogens is 414 g/mol. The molecule has 4 atom stereocenters. The summed E-state index contributed by atoms with van der Waals surface area (Å²) in [5.74, 6) is -2.33. The second kappa shape index (κ2) is 11.6. The maximum absolute atomic E-state index is 12.8. The van der Waals surface area contributed by atoms with Crippen molar-refractivity contribution in [3.63, 3.8) is 0 Å². The van der Waals surface area contributed by atoms with E-state index in [1.807, 2.05) is 30.3 Å². The SMILES string of the molecule is CCO[C@@H](CC(C=O)c1ccccc1)N[C@@H](C)C(=O)N1C(=O)N(C)C[C@H]1C(=O)O.Cl. The molecule has 0 spiro atoms. The maximum atomic E-state index is 12.8. The summed E-state index contributed by atoms with van der Waals surface area (Å²) in [4.78, 5) is 50.1. The number of imide groups is 1. The Morgan fingerprint density at radius 1 is 1.33 bits per heavy atom. The van der Waals surface area contributed by atoms with Gasteiger partial charge in [-0.25, -0.2) is 14.5 Å². The molecular formula is C20H28ClN3O6. The molecule has 1 heterocycles. The molecule has 0 aromatic heterocycles. The van der Waals surface area contributed by atoms with Crippen LogP contribution in [-0.2, 0) is 19.1 Å². The van der Waals surface area contributed by atoms with Gasteiger partial charge < -0.3 is 19.5 Å². The molecule has 2 rings (SSSR count). The number of benzene rings is 1. The van der Waals surface area contributed by atoms with E-state index in [4.69, 9.17) is 4.74 Å². The quantitative estimate of drug-likeness (QED) is 0.417. The fourth-order valence-electron chi connectivity index (χ4n) is 3.32. The van der Waals surface area contributed by atoms with E-state index < -0.39 is 42.1 Å². The van der Waals surface area contributed by atoms with Crippen LogP contribution in [0.2, 0.25) is 0 Å². The van der Waals surface area contributed by atoms with E-state index in [1.54, 1.807) is 6.92 Å². The highest BCUT2D eigenvalue weighted by Crippen LogP contribution is 2.21. The van der Waals surface area contributed by atoms with Crippen LogP contribution >= 0.6 is 12.4 Å². The fraction of sp³-hybridized carbons (Fsp3) is 0.500. The average molecular weight is 442 g/mol. The Morgan fingerprint density at radius 3 is 2.50 bits per heavy atom. The number of urea groups is 1. The highest BCUT2D eigenvalue weighted by atomic mass is 35.5. The number of carboxylic acids is 1. The van der Waals surface area contributed by atoms with Gasteiger partial charge in [-0.3, -0.25) is 10.1 Å². The molecule has 1 aromatic rings. The van der Waals surface area contributed by atoms with Gasteiger partial charge in [0, 0.05) is 26.0 Å². The monoisotopic (exact) mass is 441 g/mol. The normalized spacial score (nSPS) is 19.0.